The Morgan fingerprint density at radius 3 is 2.46 bits per heavy atom. The highest BCUT2D eigenvalue weighted by atomic mass is 28.2. The van der Waals surface area contributed by atoms with Crippen LogP contribution in [0.4, 0.5) is 0 Å². The largest absolute Gasteiger partial charge is 0.356 e. The van der Waals surface area contributed by atoms with Gasteiger partial charge in [-0.05, 0) is 26.1 Å². The van der Waals surface area contributed by atoms with Crippen molar-refractivity contribution >= 4 is 9.52 Å². The van der Waals surface area contributed by atoms with Gasteiger partial charge in [0.25, 0.3) is 0 Å². The molecule has 0 aliphatic heterocycles. The zero-order chi connectivity index (χ0) is 9.94. The number of unbranched alkanes of at least 4 members (excludes halogenated alkanes) is 1. The molecule has 0 saturated heterocycles. The molecule has 3 nitrogen and oxygen atoms in total. The molecule has 13 heavy (non-hydrogen) atoms. The Morgan fingerprint density at radius 1 is 1.23 bits per heavy atom. The van der Waals surface area contributed by atoms with Crippen LogP contribution in [0.2, 0.25) is 12.1 Å². The highest BCUT2D eigenvalue weighted by Gasteiger charge is 2.03. The van der Waals surface area contributed by atoms with Gasteiger partial charge in [-0.15, -0.1) is 0 Å². The van der Waals surface area contributed by atoms with Gasteiger partial charge in [0.15, 0.2) is 6.29 Å². The van der Waals surface area contributed by atoms with Crippen LogP contribution in [0, 0.1) is 0 Å². The first-order valence-corrected chi connectivity index (χ1v) is 6.17. The minimum absolute atomic E-state index is 0.00244. The van der Waals surface area contributed by atoms with Gasteiger partial charge in [-0.1, -0.05) is 12.5 Å². The standard InChI is InChI=1S/C9H21NO2Si/c1-10-6-4-5-7-13-8-9(11-2)12-3/h9-10H,4-8H2,1-3H3. The summed E-state index contributed by atoms with van der Waals surface area (Å²) in [5.41, 5.74) is 0. The maximum absolute atomic E-state index is 5.10. The van der Waals surface area contributed by atoms with E-state index in [4.69, 9.17) is 9.47 Å². The van der Waals surface area contributed by atoms with Gasteiger partial charge in [0.2, 0.25) is 0 Å². The smallest absolute Gasteiger partial charge is 0.154 e. The van der Waals surface area contributed by atoms with Crippen molar-refractivity contribution < 1.29 is 9.47 Å². The Bertz CT molecular complexity index is 99.6. The van der Waals surface area contributed by atoms with Crippen molar-refractivity contribution in [3.63, 3.8) is 0 Å². The van der Waals surface area contributed by atoms with Gasteiger partial charge in [-0.25, -0.2) is 0 Å². The van der Waals surface area contributed by atoms with Gasteiger partial charge in [0, 0.05) is 23.7 Å². The lowest BCUT2D eigenvalue weighted by atomic mass is 10.3. The van der Waals surface area contributed by atoms with Crippen LogP contribution in [-0.2, 0) is 9.47 Å². The second-order valence-electron chi connectivity index (χ2n) is 2.92. The Labute approximate surface area is 84.0 Å². The van der Waals surface area contributed by atoms with E-state index in [0.717, 1.165) is 22.1 Å². The summed E-state index contributed by atoms with van der Waals surface area (Å²) in [4.78, 5) is 0. The van der Waals surface area contributed by atoms with Crippen molar-refractivity contribution in [3.05, 3.63) is 0 Å². The lowest BCUT2D eigenvalue weighted by Crippen LogP contribution is -2.15. The first-order chi connectivity index (χ1) is 6.35. The van der Waals surface area contributed by atoms with E-state index in [2.05, 4.69) is 5.32 Å². The van der Waals surface area contributed by atoms with Gasteiger partial charge in [0.05, 0.1) is 0 Å². The molecule has 0 aliphatic rings. The molecular formula is C9H21NO2Si. The van der Waals surface area contributed by atoms with Crippen LogP contribution in [0.1, 0.15) is 12.8 Å². The molecule has 0 aromatic heterocycles. The molecule has 0 amide bonds. The van der Waals surface area contributed by atoms with Crippen molar-refractivity contribution in [2.45, 2.75) is 31.2 Å². The molecule has 0 bridgehead atoms. The van der Waals surface area contributed by atoms with Gasteiger partial charge >= 0.3 is 0 Å². The molecule has 0 saturated carbocycles. The van der Waals surface area contributed by atoms with Crippen LogP contribution < -0.4 is 5.32 Å². The third kappa shape index (κ3) is 8.43. The lowest BCUT2D eigenvalue weighted by Gasteiger charge is -2.11. The summed E-state index contributed by atoms with van der Waals surface area (Å²) in [5.74, 6) is 0. The molecule has 0 fully saturated rings. The van der Waals surface area contributed by atoms with E-state index in [9.17, 15) is 0 Å². The normalized spacial score (nSPS) is 11.1. The van der Waals surface area contributed by atoms with Gasteiger partial charge in [0.1, 0.15) is 0 Å². The number of ether oxygens (including phenoxy) is 2. The molecule has 0 aromatic carbocycles. The second kappa shape index (κ2) is 10.2. The minimum Gasteiger partial charge on any atom is -0.356 e. The van der Waals surface area contributed by atoms with E-state index in [1.54, 1.807) is 14.2 Å². The van der Waals surface area contributed by atoms with Crippen molar-refractivity contribution in [2.24, 2.45) is 0 Å². The highest BCUT2D eigenvalue weighted by molar-refractivity contribution is 6.35. The fourth-order valence-corrected chi connectivity index (χ4v) is 2.31. The molecule has 0 rings (SSSR count). The van der Waals surface area contributed by atoms with Crippen LogP contribution in [-0.4, -0.2) is 43.6 Å². The average molecular weight is 203 g/mol. The van der Waals surface area contributed by atoms with E-state index >= 15 is 0 Å². The predicted octanol–water partition coefficient (Wildman–Crippen LogP) is 1.15. The highest BCUT2D eigenvalue weighted by Crippen LogP contribution is 2.02. The summed E-state index contributed by atoms with van der Waals surface area (Å²) in [5, 5.41) is 3.14. The van der Waals surface area contributed by atoms with E-state index in [1.165, 1.54) is 18.9 Å². The molecular weight excluding hydrogens is 182 g/mol. The van der Waals surface area contributed by atoms with Gasteiger partial charge in [-0.3, -0.25) is 0 Å². The Morgan fingerprint density at radius 2 is 1.92 bits per heavy atom. The molecule has 2 radical (unpaired) electrons. The van der Waals surface area contributed by atoms with E-state index in [1.807, 2.05) is 7.05 Å². The fraction of sp³-hybridized carbons (Fsp3) is 1.00. The Hall–Kier alpha value is 0.0969. The number of rotatable bonds is 9. The summed E-state index contributed by atoms with van der Waals surface area (Å²) in [7, 11) is 6.34. The quantitative estimate of drug-likeness (QED) is 0.346. The van der Waals surface area contributed by atoms with E-state index < -0.39 is 0 Å². The fourth-order valence-electron chi connectivity index (χ4n) is 1.03. The Balaban J connectivity index is 3.05. The lowest BCUT2D eigenvalue weighted by molar-refractivity contribution is -0.0876. The molecule has 4 heteroatoms. The van der Waals surface area contributed by atoms with Crippen LogP contribution in [0.15, 0.2) is 0 Å². The summed E-state index contributed by atoms with van der Waals surface area (Å²) in [6.45, 7) is 1.13. The molecule has 0 aromatic rings. The number of hydrogen-bond acceptors (Lipinski definition) is 3. The topological polar surface area (TPSA) is 30.5 Å². The van der Waals surface area contributed by atoms with Gasteiger partial charge < -0.3 is 14.8 Å². The zero-order valence-corrected chi connectivity index (χ0v) is 9.93. The molecule has 0 atom stereocenters. The van der Waals surface area contributed by atoms with E-state index in [0.29, 0.717) is 0 Å². The number of nitrogens with one attached hydrogen (secondary N) is 1. The third-order valence-electron chi connectivity index (χ3n) is 1.87. The predicted molar refractivity (Wildman–Crippen MR) is 56.3 cm³/mol. The monoisotopic (exact) mass is 203 g/mol. The van der Waals surface area contributed by atoms with Gasteiger partial charge in [-0.2, -0.15) is 0 Å². The van der Waals surface area contributed by atoms with Crippen molar-refractivity contribution in [1.82, 2.24) is 5.32 Å². The first-order valence-electron chi connectivity index (χ1n) is 4.76. The summed E-state index contributed by atoms with van der Waals surface area (Å²) in [6.07, 6.45) is 2.58. The molecule has 0 aliphatic carbocycles. The zero-order valence-electron chi connectivity index (χ0n) is 8.93. The summed E-state index contributed by atoms with van der Waals surface area (Å²) in [6, 6.07) is 2.33. The summed E-state index contributed by atoms with van der Waals surface area (Å²) < 4.78 is 10.2. The molecule has 1 N–H and O–H groups in total. The van der Waals surface area contributed by atoms with Crippen LogP contribution in [0.3, 0.4) is 0 Å². The number of hydrogen-bond donors (Lipinski definition) is 1. The maximum atomic E-state index is 5.10. The minimum atomic E-state index is 0.00244. The van der Waals surface area contributed by atoms with Crippen molar-refractivity contribution in [1.29, 1.82) is 0 Å². The first kappa shape index (κ1) is 13.1. The molecule has 0 spiro atoms. The van der Waals surface area contributed by atoms with Crippen LogP contribution >= 0.6 is 0 Å². The third-order valence-corrected chi connectivity index (χ3v) is 3.20. The SMILES string of the molecule is CNCCCC[Si]CC(OC)OC. The van der Waals surface area contributed by atoms with Crippen LogP contribution in [0.25, 0.3) is 0 Å². The Kier molecular flexibility index (Phi) is 10.3. The molecule has 78 valence electrons. The van der Waals surface area contributed by atoms with E-state index in [-0.39, 0.29) is 6.29 Å². The average Bonchev–Trinajstić information content (AvgIpc) is 2.17. The van der Waals surface area contributed by atoms with Crippen molar-refractivity contribution in [3.8, 4) is 0 Å². The maximum Gasteiger partial charge on any atom is 0.154 e. The van der Waals surface area contributed by atoms with Crippen LogP contribution in [0.5, 0.6) is 0 Å². The van der Waals surface area contributed by atoms with Crippen molar-refractivity contribution in [2.75, 3.05) is 27.8 Å². The molecule has 0 heterocycles. The number of methoxy groups -OCH3 is 2. The molecule has 0 unspecified atom stereocenters. The summed E-state index contributed by atoms with van der Waals surface area (Å²) >= 11 is 0. The second-order valence-corrected chi connectivity index (χ2v) is 4.32.